The van der Waals surface area contributed by atoms with Crippen molar-refractivity contribution in [1.29, 1.82) is 0 Å². The topological polar surface area (TPSA) is 69.6 Å². The molecule has 3 rings (SSSR count). The molecule has 0 saturated heterocycles. The summed E-state index contributed by atoms with van der Waals surface area (Å²) in [5.74, 6) is 0.230. The standard InChI is InChI=1S/C12H8F3N5/c13-12(14,15)7-2-1-3-8(4-7)20-11-9(5-19-20)10(16)17-6-18-11/h1-6H,(H2,16,17,18). The Labute approximate surface area is 110 Å². The van der Waals surface area contributed by atoms with Gasteiger partial charge in [0, 0.05) is 0 Å². The number of rotatable bonds is 1. The van der Waals surface area contributed by atoms with Crippen LogP contribution in [0.1, 0.15) is 5.56 Å². The van der Waals surface area contributed by atoms with Gasteiger partial charge in [0.15, 0.2) is 5.65 Å². The Morgan fingerprint density at radius 1 is 1.15 bits per heavy atom. The van der Waals surface area contributed by atoms with E-state index in [4.69, 9.17) is 5.73 Å². The average molecular weight is 279 g/mol. The highest BCUT2D eigenvalue weighted by atomic mass is 19.4. The first-order chi connectivity index (χ1) is 9.47. The molecule has 0 aliphatic carbocycles. The van der Waals surface area contributed by atoms with Crippen molar-refractivity contribution in [2.24, 2.45) is 0 Å². The lowest BCUT2D eigenvalue weighted by Gasteiger charge is -2.09. The number of anilines is 1. The fraction of sp³-hybridized carbons (Fsp3) is 0.0833. The van der Waals surface area contributed by atoms with Gasteiger partial charge in [-0.15, -0.1) is 0 Å². The number of fused-ring (bicyclic) bond motifs is 1. The zero-order chi connectivity index (χ0) is 14.3. The van der Waals surface area contributed by atoms with Crippen molar-refractivity contribution in [3.63, 3.8) is 0 Å². The third kappa shape index (κ3) is 1.94. The Balaban J connectivity index is 2.19. The zero-order valence-electron chi connectivity index (χ0n) is 9.96. The molecule has 0 amide bonds. The van der Waals surface area contributed by atoms with E-state index in [2.05, 4.69) is 15.1 Å². The average Bonchev–Trinajstić information content (AvgIpc) is 2.83. The molecule has 1 aromatic carbocycles. The van der Waals surface area contributed by atoms with Crippen molar-refractivity contribution in [1.82, 2.24) is 19.7 Å². The first-order valence-corrected chi connectivity index (χ1v) is 5.58. The van der Waals surface area contributed by atoms with Gasteiger partial charge in [0.05, 0.1) is 22.8 Å². The van der Waals surface area contributed by atoms with Crippen LogP contribution in [-0.2, 0) is 6.18 Å². The van der Waals surface area contributed by atoms with Crippen molar-refractivity contribution in [3.8, 4) is 5.69 Å². The Bertz CT molecular complexity index is 778. The highest BCUT2D eigenvalue weighted by Crippen LogP contribution is 2.30. The van der Waals surface area contributed by atoms with E-state index in [0.717, 1.165) is 12.1 Å². The van der Waals surface area contributed by atoms with Crippen LogP contribution < -0.4 is 5.73 Å². The molecule has 0 atom stereocenters. The summed E-state index contributed by atoms with van der Waals surface area (Å²) in [5.41, 5.74) is 5.53. The van der Waals surface area contributed by atoms with Crippen LogP contribution in [0.5, 0.6) is 0 Å². The van der Waals surface area contributed by atoms with Gasteiger partial charge in [-0.1, -0.05) is 6.07 Å². The lowest BCUT2D eigenvalue weighted by molar-refractivity contribution is -0.137. The minimum Gasteiger partial charge on any atom is -0.383 e. The number of aromatic nitrogens is 4. The first-order valence-electron chi connectivity index (χ1n) is 5.58. The fourth-order valence-corrected chi connectivity index (χ4v) is 1.87. The molecule has 3 aromatic rings. The Kier molecular flexibility index (Phi) is 2.60. The van der Waals surface area contributed by atoms with Crippen LogP contribution in [0.25, 0.3) is 16.7 Å². The van der Waals surface area contributed by atoms with E-state index >= 15 is 0 Å². The summed E-state index contributed by atoms with van der Waals surface area (Å²) < 4.78 is 39.4. The van der Waals surface area contributed by atoms with Crippen LogP contribution in [0.2, 0.25) is 0 Å². The number of nitrogens with two attached hydrogens (primary N) is 1. The Morgan fingerprint density at radius 2 is 1.95 bits per heavy atom. The number of hydrogen-bond donors (Lipinski definition) is 1. The Morgan fingerprint density at radius 3 is 2.70 bits per heavy atom. The molecular formula is C12H8F3N5. The molecule has 102 valence electrons. The van der Waals surface area contributed by atoms with Gasteiger partial charge in [-0.25, -0.2) is 14.6 Å². The molecule has 2 heterocycles. The second-order valence-electron chi connectivity index (χ2n) is 4.10. The summed E-state index contributed by atoms with van der Waals surface area (Å²) in [6.07, 6.45) is -1.75. The predicted octanol–water partition coefficient (Wildman–Crippen LogP) is 2.42. The maximum absolute atomic E-state index is 12.7. The van der Waals surface area contributed by atoms with Crippen molar-refractivity contribution in [2.45, 2.75) is 6.18 Å². The number of alkyl halides is 3. The van der Waals surface area contributed by atoms with Gasteiger partial charge in [-0.3, -0.25) is 0 Å². The van der Waals surface area contributed by atoms with E-state index < -0.39 is 11.7 Å². The molecule has 5 nitrogen and oxygen atoms in total. The molecule has 8 heteroatoms. The van der Waals surface area contributed by atoms with Crippen LogP contribution in [-0.4, -0.2) is 19.7 Å². The molecule has 0 bridgehead atoms. The molecule has 0 saturated carbocycles. The van der Waals surface area contributed by atoms with Gasteiger partial charge in [-0.2, -0.15) is 18.3 Å². The summed E-state index contributed by atoms with van der Waals surface area (Å²) in [5, 5.41) is 4.51. The molecule has 0 aliphatic heterocycles. The van der Waals surface area contributed by atoms with E-state index in [1.165, 1.54) is 29.3 Å². The quantitative estimate of drug-likeness (QED) is 0.742. The van der Waals surface area contributed by atoms with E-state index in [0.29, 0.717) is 11.0 Å². The lowest BCUT2D eigenvalue weighted by Crippen LogP contribution is -2.06. The van der Waals surface area contributed by atoms with E-state index in [1.54, 1.807) is 0 Å². The molecule has 0 unspecified atom stereocenters. The number of benzene rings is 1. The molecule has 0 radical (unpaired) electrons. The zero-order valence-corrected chi connectivity index (χ0v) is 9.96. The number of nitrogens with zero attached hydrogens (tertiary/aromatic N) is 4. The molecule has 2 N–H and O–H groups in total. The summed E-state index contributed by atoms with van der Waals surface area (Å²) in [4.78, 5) is 7.80. The second-order valence-corrected chi connectivity index (χ2v) is 4.10. The molecule has 0 fully saturated rings. The van der Waals surface area contributed by atoms with Gasteiger partial charge < -0.3 is 5.73 Å². The van der Waals surface area contributed by atoms with Crippen molar-refractivity contribution >= 4 is 16.9 Å². The largest absolute Gasteiger partial charge is 0.416 e. The second kappa shape index (κ2) is 4.19. The summed E-state index contributed by atoms with van der Waals surface area (Å²) in [6.45, 7) is 0. The SMILES string of the molecule is Nc1ncnc2c1cnn2-c1cccc(C(F)(F)F)c1. The minimum absolute atomic E-state index is 0.230. The van der Waals surface area contributed by atoms with Gasteiger partial charge in [0.2, 0.25) is 0 Å². The van der Waals surface area contributed by atoms with Gasteiger partial charge in [0.25, 0.3) is 0 Å². The fourth-order valence-electron chi connectivity index (χ4n) is 1.87. The van der Waals surface area contributed by atoms with Crippen LogP contribution in [0.3, 0.4) is 0 Å². The van der Waals surface area contributed by atoms with Crippen LogP contribution in [0.15, 0.2) is 36.8 Å². The van der Waals surface area contributed by atoms with Crippen molar-refractivity contribution in [3.05, 3.63) is 42.4 Å². The third-order valence-corrected chi connectivity index (χ3v) is 2.81. The molecule has 20 heavy (non-hydrogen) atoms. The van der Waals surface area contributed by atoms with Crippen molar-refractivity contribution < 1.29 is 13.2 Å². The lowest BCUT2D eigenvalue weighted by atomic mass is 10.2. The highest BCUT2D eigenvalue weighted by Gasteiger charge is 2.30. The smallest absolute Gasteiger partial charge is 0.383 e. The maximum Gasteiger partial charge on any atom is 0.416 e. The van der Waals surface area contributed by atoms with E-state index in [-0.39, 0.29) is 11.5 Å². The summed E-state index contributed by atoms with van der Waals surface area (Å²) >= 11 is 0. The van der Waals surface area contributed by atoms with E-state index in [9.17, 15) is 13.2 Å². The highest BCUT2D eigenvalue weighted by molar-refractivity contribution is 5.85. The predicted molar refractivity (Wildman–Crippen MR) is 66.1 cm³/mol. The number of hydrogen-bond acceptors (Lipinski definition) is 4. The van der Waals surface area contributed by atoms with Crippen LogP contribution in [0.4, 0.5) is 19.0 Å². The van der Waals surface area contributed by atoms with Crippen LogP contribution in [0, 0.1) is 0 Å². The normalized spacial score (nSPS) is 11.9. The van der Waals surface area contributed by atoms with Crippen LogP contribution >= 0.6 is 0 Å². The van der Waals surface area contributed by atoms with Gasteiger partial charge in [-0.05, 0) is 18.2 Å². The number of nitrogen functional groups attached to an aromatic ring is 1. The number of halogens is 3. The maximum atomic E-state index is 12.7. The van der Waals surface area contributed by atoms with Crippen molar-refractivity contribution in [2.75, 3.05) is 5.73 Å². The monoisotopic (exact) mass is 279 g/mol. The summed E-state index contributed by atoms with van der Waals surface area (Å²) in [7, 11) is 0. The Hall–Kier alpha value is -2.64. The van der Waals surface area contributed by atoms with E-state index in [1.807, 2.05) is 0 Å². The molecule has 0 aliphatic rings. The van der Waals surface area contributed by atoms with Gasteiger partial charge >= 0.3 is 6.18 Å². The van der Waals surface area contributed by atoms with Gasteiger partial charge in [0.1, 0.15) is 12.1 Å². The molecule has 0 spiro atoms. The summed E-state index contributed by atoms with van der Waals surface area (Å²) in [6, 6.07) is 4.83. The third-order valence-electron chi connectivity index (χ3n) is 2.81. The molecular weight excluding hydrogens is 271 g/mol. The molecule has 2 aromatic heterocycles. The minimum atomic E-state index is -4.41. The first kappa shape index (κ1) is 12.4.